The van der Waals surface area contributed by atoms with E-state index in [1.807, 2.05) is 38.1 Å². The second kappa shape index (κ2) is 9.43. The lowest BCUT2D eigenvalue weighted by atomic mass is 10.1. The summed E-state index contributed by atoms with van der Waals surface area (Å²) in [5.74, 6) is 1.43. The normalized spacial score (nSPS) is 11.5. The zero-order valence-corrected chi connectivity index (χ0v) is 20.1. The number of aryl methyl sites for hydroxylation is 1. The van der Waals surface area contributed by atoms with Crippen molar-refractivity contribution in [3.8, 4) is 28.5 Å². The van der Waals surface area contributed by atoms with Gasteiger partial charge in [-0.2, -0.15) is 5.10 Å². The standard InChI is InChI=1S/C27H25FN4O4/c1-16(2)35-21-10-6-19(7-11-21)26-29-23(17(3)36-26)14-31-12-13-32-25(27(31)34)22(15-33)24(30-32)18-4-8-20(28)9-5-18/h4-13,16,33H,14-15H2,1-3H3. The maximum absolute atomic E-state index is 13.4. The van der Waals surface area contributed by atoms with Gasteiger partial charge >= 0.3 is 0 Å². The van der Waals surface area contributed by atoms with Gasteiger partial charge in [0, 0.05) is 29.1 Å². The van der Waals surface area contributed by atoms with Gasteiger partial charge < -0.3 is 18.8 Å². The van der Waals surface area contributed by atoms with E-state index in [1.54, 1.807) is 31.5 Å². The minimum absolute atomic E-state index is 0.0796. The van der Waals surface area contributed by atoms with Crippen molar-refractivity contribution < 1.29 is 18.7 Å². The summed E-state index contributed by atoms with van der Waals surface area (Å²) in [6, 6.07) is 13.2. The molecule has 0 aliphatic carbocycles. The topological polar surface area (TPSA) is 94.8 Å². The fraction of sp³-hybridized carbons (Fsp3) is 0.222. The highest BCUT2D eigenvalue weighted by Crippen LogP contribution is 2.27. The van der Waals surface area contributed by atoms with Crippen molar-refractivity contribution in [3.63, 3.8) is 0 Å². The number of fused-ring (bicyclic) bond motifs is 1. The van der Waals surface area contributed by atoms with E-state index in [4.69, 9.17) is 9.15 Å². The molecule has 5 rings (SSSR count). The van der Waals surface area contributed by atoms with E-state index in [1.165, 1.54) is 21.2 Å². The van der Waals surface area contributed by atoms with Crippen LogP contribution in [0.25, 0.3) is 28.2 Å². The summed E-state index contributed by atoms with van der Waals surface area (Å²) in [6.07, 6.45) is 3.34. The summed E-state index contributed by atoms with van der Waals surface area (Å²) in [5, 5.41) is 14.5. The second-order valence-electron chi connectivity index (χ2n) is 8.73. The molecule has 184 valence electrons. The smallest absolute Gasteiger partial charge is 0.277 e. The molecule has 0 bridgehead atoms. The molecule has 0 spiro atoms. The van der Waals surface area contributed by atoms with Crippen molar-refractivity contribution in [1.82, 2.24) is 19.2 Å². The maximum Gasteiger partial charge on any atom is 0.277 e. The van der Waals surface area contributed by atoms with Gasteiger partial charge in [0.15, 0.2) is 0 Å². The molecule has 2 aromatic carbocycles. The Hall–Kier alpha value is -4.24. The Morgan fingerprint density at radius 2 is 1.75 bits per heavy atom. The van der Waals surface area contributed by atoms with Crippen molar-refractivity contribution in [2.45, 2.75) is 40.0 Å². The van der Waals surface area contributed by atoms with Gasteiger partial charge in [-0.1, -0.05) is 0 Å². The summed E-state index contributed by atoms with van der Waals surface area (Å²) < 4.78 is 27.9. The quantitative estimate of drug-likeness (QED) is 0.360. The van der Waals surface area contributed by atoms with Crippen LogP contribution in [-0.4, -0.2) is 30.4 Å². The van der Waals surface area contributed by atoms with Gasteiger partial charge in [-0.05, 0) is 69.3 Å². The fourth-order valence-corrected chi connectivity index (χ4v) is 4.07. The molecule has 36 heavy (non-hydrogen) atoms. The lowest BCUT2D eigenvalue weighted by Crippen LogP contribution is -2.23. The third kappa shape index (κ3) is 4.40. The SMILES string of the molecule is Cc1oc(-c2ccc(OC(C)C)cc2)nc1Cn1ccn2nc(-c3ccc(F)cc3)c(CO)c2c1=O. The van der Waals surface area contributed by atoms with E-state index < -0.39 is 0 Å². The zero-order valence-electron chi connectivity index (χ0n) is 20.1. The lowest BCUT2D eigenvalue weighted by Gasteiger charge is -2.09. The van der Waals surface area contributed by atoms with Crippen LogP contribution in [0.5, 0.6) is 5.75 Å². The zero-order chi connectivity index (χ0) is 25.4. The molecule has 1 N–H and O–H groups in total. The molecule has 0 amide bonds. The molecule has 0 unspecified atom stereocenters. The summed E-state index contributed by atoms with van der Waals surface area (Å²) in [4.78, 5) is 18.0. The van der Waals surface area contributed by atoms with Gasteiger partial charge in [0.05, 0.1) is 24.9 Å². The van der Waals surface area contributed by atoms with Gasteiger partial charge in [0.25, 0.3) is 5.56 Å². The average Bonchev–Trinajstić information content (AvgIpc) is 3.42. The predicted octanol–water partition coefficient (Wildman–Crippen LogP) is 4.59. The van der Waals surface area contributed by atoms with Gasteiger partial charge in [0.2, 0.25) is 5.89 Å². The molecular weight excluding hydrogens is 463 g/mol. The van der Waals surface area contributed by atoms with Gasteiger partial charge in [0.1, 0.15) is 28.5 Å². The first-order chi connectivity index (χ1) is 17.3. The number of rotatable bonds is 7. The lowest BCUT2D eigenvalue weighted by molar-refractivity contribution is 0.242. The molecule has 0 atom stereocenters. The Morgan fingerprint density at radius 3 is 2.42 bits per heavy atom. The molecule has 3 heterocycles. The molecule has 0 saturated carbocycles. The minimum Gasteiger partial charge on any atom is -0.491 e. The molecule has 0 radical (unpaired) electrons. The van der Waals surface area contributed by atoms with E-state index in [-0.39, 0.29) is 36.1 Å². The van der Waals surface area contributed by atoms with Crippen LogP contribution in [0.3, 0.4) is 0 Å². The average molecular weight is 489 g/mol. The molecule has 0 saturated heterocycles. The van der Waals surface area contributed by atoms with E-state index in [9.17, 15) is 14.3 Å². The summed E-state index contributed by atoms with van der Waals surface area (Å²) in [7, 11) is 0. The molecule has 9 heteroatoms. The van der Waals surface area contributed by atoms with Crippen molar-refractivity contribution in [1.29, 1.82) is 0 Å². The van der Waals surface area contributed by atoms with Gasteiger partial charge in [-0.3, -0.25) is 4.79 Å². The highest BCUT2D eigenvalue weighted by Gasteiger charge is 2.19. The van der Waals surface area contributed by atoms with Crippen LogP contribution in [0, 0.1) is 12.7 Å². The second-order valence-corrected chi connectivity index (χ2v) is 8.73. The Morgan fingerprint density at radius 1 is 1.06 bits per heavy atom. The number of ether oxygens (including phenoxy) is 1. The van der Waals surface area contributed by atoms with Crippen LogP contribution in [0.4, 0.5) is 4.39 Å². The van der Waals surface area contributed by atoms with Crippen molar-refractivity contribution in [3.05, 3.63) is 94.1 Å². The molecule has 0 aliphatic heterocycles. The number of aliphatic hydroxyl groups excluding tert-OH is 1. The number of nitrogens with zero attached hydrogens (tertiary/aromatic N) is 4. The number of aliphatic hydroxyl groups is 1. The molecule has 3 aromatic heterocycles. The predicted molar refractivity (Wildman–Crippen MR) is 132 cm³/mol. The third-order valence-corrected chi connectivity index (χ3v) is 5.82. The monoisotopic (exact) mass is 488 g/mol. The van der Waals surface area contributed by atoms with Gasteiger partial charge in [-0.25, -0.2) is 13.9 Å². The van der Waals surface area contributed by atoms with Crippen LogP contribution in [0.15, 0.2) is 70.1 Å². The molecule has 0 aliphatic rings. The molecular formula is C27H25FN4O4. The summed E-state index contributed by atoms with van der Waals surface area (Å²) >= 11 is 0. The van der Waals surface area contributed by atoms with Crippen LogP contribution in [0.2, 0.25) is 0 Å². The Balaban J connectivity index is 1.48. The molecule has 0 fully saturated rings. The number of hydrogen-bond donors (Lipinski definition) is 1. The number of oxazole rings is 1. The van der Waals surface area contributed by atoms with Crippen molar-refractivity contribution >= 4 is 5.52 Å². The molecule has 8 nitrogen and oxygen atoms in total. The first-order valence-electron chi connectivity index (χ1n) is 11.5. The van der Waals surface area contributed by atoms with E-state index in [2.05, 4.69) is 10.1 Å². The van der Waals surface area contributed by atoms with Crippen LogP contribution in [-0.2, 0) is 13.2 Å². The fourth-order valence-electron chi connectivity index (χ4n) is 4.07. The highest BCUT2D eigenvalue weighted by molar-refractivity contribution is 5.72. The maximum atomic E-state index is 13.4. The van der Waals surface area contributed by atoms with Crippen molar-refractivity contribution in [2.75, 3.05) is 0 Å². The molecule has 5 aromatic rings. The Bertz CT molecular complexity index is 1580. The first kappa shape index (κ1) is 23.5. The number of benzene rings is 2. The van der Waals surface area contributed by atoms with E-state index >= 15 is 0 Å². The Kier molecular flexibility index (Phi) is 6.15. The minimum atomic E-state index is -0.390. The Labute approximate surface area is 206 Å². The highest BCUT2D eigenvalue weighted by atomic mass is 19.1. The number of aromatic nitrogens is 4. The van der Waals surface area contributed by atoms with Crippen LogP contribution < -0.4 is 10.3 Å². The van der Waals surface area contributed by atoms with E-state index in [0.29, 0.717) is 34.2 Å². The summed E-state index contributed by atoms with van der Waals surface area (Å²) in [5.41, 5.74) is 2.74. The third-order valence-electron chi connectivity index (χ3n) is 5.82. The number of halogens is 1. The van der Waals surface area contributed by atoms with Crippen LogP contribution in [0.1, 0.15) is 30.9 Å². The number of hydrogen-bond acceptors (Lipinski definition) is 6. The van der Waals surface area contributed by atoms with Gasteiger partial charge in [-0.15, -0.1) is 0 Å². The largest absolute Gasteiger partial charge is 0.491 e. The van der Waals surface area contributed by atoms with E-state index in [0.717, 1.165) is 11.3 Å². The van der Waals surface area contributed by atoms with Crippen molar-refractivity contribution in [2.24, 2.45) is 0 Å². The summed E-state index contributed by atoms with van der Waals surface area (Å²) in [6.45, 7) is 5.53. The first-order valence-corrected chi connectivity index (χ1v) is 11.5. The van der Waals surface area contributed by atoms with Crippen LogP contribution >= 0.6 is 0 Å².